The number of nitrogens with zero attached hydrogens (tertiary/aromatic N) is 3. The average Bonchev–Trinajstić information content (AvgIpc) is 3.00. The van der Waals surface area contributed by atoms with Crippen LogP contribution in [0, 0.1) is 5.82 Å². The highest BCUT2D eigenvalue weighted by Gasteiger charge is 2.24. The maximum atomic E-state index is 13.2. The minimum atomic E-state index is -0.618. The lowest BCUT2D eigenvalue weighted by atomic mass is 9.97. The molecule has 0 bridgehead atoms. The van der Waals surface area contributed by atoms with Crippen molar-refractivity contribution in [1.29, 1.82) is 0 Å². The molecule has 1 saturated heterocycles. The summed E-state index contributed by atoms with van der Waals surface area (Å²) in [5, 5.41) is 3.43. The number of amides is 1. The first-order valence-corrected chi connectivity index (χ1v) is 8.31. The number of rotatable bonds is 5. The third-order valence-corrected chi connectivity index (χ3v) is 4.56. The number of likely N-dealkylation sites (tertiary alicyclic amines) is 1. The fraction of sp³-hybridized carbons (Fsp3) is 0.389. The van der Waals surface area contributed by atoms with Crippen LogP contribution in [0.5, 0.6) is 0 Å². The van der Waals surface area contributed by atoms with Gasteiger partial charge >= 0.3 is 0 Å². The minimum absolute atomic E-state index is 0.123. The number of hydrogen-bond acceptors (Lipinski definition) is 5. The molecule has 25 heavy (non-hydrogen) atoms. The third-order valence-electron chi connectivity index (χ3n) is 4.56. The molecule has 1 aliphatic rings. The molecule has 0 aliphatic carbocycles. The molecule has 1 aliphatic heterocycles. The van der Waals surface area contributed by atoms with Crippen LogP contribution in [0.15, 0.2) is 30.5 Å². The van der Waals surface area contributed by atoms with Crippen LogP contribution in [0.1, 0.15) is 41.0 Å². The zero-order chi connectivity index (χ0) is 18.0. The van der Waals surface area contributed by atoms with Gasteiger partial charge in [-0.05, 0) is 37.7 Å². The number of carbonyl (C=O) groups excluding carboxylic acids is 1. The summed E-state index contributed by atoms with van der Waals surface area (Å²) < 4.78 is 13.2. The molecule has 1 fully saturated rings. The Morgan fingerprint density at radius 3 is 2.72 bits per heavy atom. The Hall–Kier alpha value is -2.54. The highest BCUT2D eigenvalue weighted by molar-refractivity contribution is 5.90. The lowest BCUT2D eigenvalue weighted by molar-refractivity contribution is 0.0995. The van der Waals surface area contributed by atoms with Crippen LogP contribution in [0.3, 0.4) is 0 Å². The predicted octanol–water partition coefficient (Wildman–Crippen LogP) is 1.98. The first-order valence-electron chi connectivity index (χ1n) is 8.31. The SMILES string of the molecule is C[C@@H](c1ccc(F)cc1)c1nc(C(N)=O)cnc1NC1CCN(C)C1. The van der Waals surface area contributed by atoms with Crippen LogP contribution < -0.4 is 11.1 Å². The van der Waals surface area contributed by atoms with Crippen molar-refractivity contribution >= 4 is 11.7 Å². The van der Waals surface area contributed by atoms with Gasteiger partial charge < -0.3 is 16.0 Å². The van der Waals surface area contributed by atoms with Crippen LogP contribution in [0.4, 0.5) is 10.2 Å². The van der Waals surface area contributed by atoms with Crippen LogP contribution in [-0.2, 0) is 0 Å². The second kappa shape index (κ2) is 7.14. The quantitative estimate of drug-likeness (QED) is 0.867. The van der Waals surface area contributed by atoms with Gasteiger partial charge in [-0.2, -0.15) is 0 Å². The number of anilines is 1. The number of nitrogens with two attached hydrogens (primary N) is 1. The Labute approximate surface area is 146 Å². The summed E-state index contributed by atoms with van der Waals surface area (Å²) in [5.74, 6) is -0.427. The first kappa shape index (κ1) is 17.3. The average molecular weight is 343 g/mol. The Morgan fingerprint density at radius 2 is 2.12 bits per heavy atom. The van der Waals surface area contributed by atoms with E-state index in [0.717, 1.165) is 25.1 Å². The van der Waals surface area contributed by atoms with Crippen LogP contribution in [0.25, 0.3) is 0 Å². The summed E-state index contributed by atoms with van der Waals surface area (Å²) in [6.07, 6.45) is 2.41. The number of nitrogens with one attached hydrogen (secondary N) is 1. The second-order valence-electron chi connectivity index (χ2n) is 6.52. The topological polar surface area (TPSA) is 84.1 Å². The summed E-state index contributed by atoms with van der Waals surface area (Å²) in [6, 6.07) is 6.53. The molecule has 132 valence electrons. The number of aromatic nitrogens is 2. The molecule has 1 aromatic heterocycles. The maximum Gasteiger partial charge on any atom is 0.268 e. The van der Waals surface area contributed by atoms with E-state index in [1.807, 2.05) is 6.92 Å². The molecule has 2 aromatic rings. The molecule has 2 atom stereocenters. The number of halogens is 1. The van der Waals surface area contributed by atoms with Crippen LogP contribution >= 0.6 is 0 Å². The van der Waals surface area contributed by atoms with Crippen molar-refractivity contribution in [1.82, 2.24) is 14.9 Å². The number of carbonyl (C=O) groups is 1. The van der Waals surface area contributed by atoms with Gasteiger partial charge in [-0.3, -0.25) is 4.79 Å². The van der Waals surface area contributed by atoms with E-state index in [2.05, 4.69) is 27.2 Å². The van der Waals surface area contributed by atoms with E-state index in [4.69, 9.17) is 5.73 Å². The van der Waals surface area contributed by atoms with Crippen molar-refractivity contribution in [2.24, 2.45) is 5.73 Å². The van der Waals surface area contributed by atoms with Gasteiger partial charge in [0.1, 0.15) is 17.3 Å². The molecule has 3 N–H and O–H groups in total. The highest BCUT2D eigenvalue weighted by Crippen LogP contribution is 2.28. The van der Waals surface area contributed by atoms with E-state index in [1.165, 1.54) is 18.3 Å². The van der Waals surface area contributed by atoms with Gasteiger partial charge in [0.25, 0.3) is 5.91 Å². The zero-order valence-electron chi connectivity index (χ0n) is 14.4. The van der Waals surface area contributed by atoms with Crippen LogP contribution in [0.2, 0.25) is 0 Å². The first-order chi connectivity index (χ1) is 11.9. The summed E-state index contributed by atoms with van der Waals surface area (Å²) in [5.41, 5.74) is 7.01. The fourth-order valence-electron chi connectivity index (χ4n) is 3.09. The number of likely N-dealkylation sites (N-methyl/N-ethyl adjacent to an activating group) is 1. The molecule has 0 spiro atoms. The van der Waals surface area contributed by atoms with Gasteiger partial charge in [0, 0.05) is 18.5 Å². The summed E-state index contributed by atoms with van der Waals surface area (Å²) >= 11 is 0. The number of primary amides is 1. The molecule has 7 heteroatoms. The molecule has 1 unspecified atom stereocenters. The Kier molecular flexibility index (Phi) is 4.94. The van der Waals surface area contributed by atoms with Gasteiger partial charge in [-0.15, -0.1) is 0 Å². The summed E-state index contributed by atoms with van der Waals surface area (Å²) in [7, 11) is 2.07. The van der Waals surface area contributed by atoms with Crippen LogP contribution in [-0.4, -0.2) is 47.0 Å². The largest absolute Gasteiger partial charge is 0.364 e. The molecule has 3 rings (SSSR count). The van der Waals surface area contributed by atoms with E-state index < -0.39 is 5.91 Å². The maximum absolute atomic E-state index is 13.2. The molecular formula is C18H22FN5O. The van der Waals surface area contributed by atoms with Crippen molar-refractivity contribution < 1.29 is 9.18 Å². The molecule has 0 radical (unpaired) electrons. The van der Waals surface area contributed by atoms with Gasteiger partial charge in [-0.1, -0.05) is 19.1 Å². The normalized spacial score (nSPS) is 18.9. The molecule has 2 heterocycles. The third kappa shape index (κ3) is 3.93. The fourth-order valence-corrected chi connectivity index (χ4v) is 3.09. The molecule has 0 saturated carbocycles. The molecular weight excluding hydrogens is 321 g/mol. The standard InChI is InChI=1S/C18H22FN5O/c1-11(12-3-5-13(19)6-4-12)16-18(21-9-15(23-16)17(20)25)22-14-7-8-24(2)10-14/h3-6,9,11,14H,7-8,10H2,1-2H3,(H2,20,25)(H,21,22)/t11-,14?/m0/s1. The lowest BCUT2D eigenvalue weighted by Crippen LogP contribution is -2.26. The van der Waals surface area contributed by atoms with Gasteiger partial charge in [0.15, 0.2) is 0 Å². The van der Waals surface area contributed by atoms with Crippen molar-refractivity contribution in [2.75, 3.05) is 25.5 Å². The molecule has 1 aromatic carbocycles. The van der Waals surface area contributed by atoms with E-state index in [1.54, 1.807) is 12.1 Å². The van der Waals surface area contributed by atoms with Crippen molar-refractivity contribution in [3.63, 3.8) is 0 Å². The monoisotopic (exact) mass is 343 g/mol. The Bertz CT molecular complexity index is 765. The van der Waals surface area contributed by atoms with E-state index in [9.17, 15) is 9.18 Å². The van der Waals surface area contributed by atoms with E-state index >= 15 is 0 Å². The number of hydrogen-bond donors (Lipinski definition) is 2. The van der Waals surface area contributed by atoms with Crippen molar-refractivity contribution in [3.05, 3.63) is 53.2 Å². The zero-order valence-corrected chi connectivity index (χ0v) is 14.4. The van der Waals surface area contributed by atoms with Gasteiger partial charge in [0.2, 0.25) is 0 Å². The molecule has 6 nitrogen and oxygen atoms in total. The summed E-state index contributed by atoms with van der Waals surface area (Å²) in [6.45, 7) is 3.89. The Morgan fingerprint density at radius 1 is 1.40 bits per heavy atom. The predicted molar refractivity (Wildman–Crippen MR) is 94.0 cm³/mol. The number of benzene rings is 1. The van der Waals surface area contributed by atoms with E-state index in [-0.39, 0.29) is 23.5 Å². The van der Waals surface area contributed by atoms with Gasteiger partial charge in [0.05, 0.1) is 11.9 Å². The molecule has 1 amide bonds. The Balaban J connectivity index is 1.94. The van der Waals surface area contributed by atoms with Gasteiger partial charge in [-0.25, -0.2) is 14.4 Å². The highest BCUT2D eigenvalue weighted by atomic mass is 19.1. The van der Waals surface area contributed by atoms with E-state index in [0.29, 0.717) is 11.5 Å². The minimum Gasteiger partial charge on any atom is -0.364 e. The van der Waals surface area contributed by atoms with Crippen molar-refractivity contribution in [3.8, 4) is 0 Å². The lowest BCUT2D eigenvalue weighted by Gasteiger charge is -2.20. The van der Waals surface area contributed by atoms with Crippen molar-refractivity contribution in [2.45, 2.75) is 25.3 Å². The summed E-state index contributed by atoms with van der Waals surface area (Å²) in [4.78, 5) is 22.6. The smallest absolute Gasteiger partial charge is 0.268 e. The second-order valence-corrected chi connectivity index (χ2v) is 6.52.